The molecule has 1 saturated heterocycles. The van der Waals surface area contributed by atoms with Gasteiger partial charge in [0.25, 0.3) is 0 Å². The van der Waals surface area contributed by atoms with Gasteiger partial charge in [0.1, 0.15) is 11.6 Å². The highest BCUT2D eigenvalue weighted by atomic mass is 16.2. The van der Waals surface area contributed by atoms with Crippen molar-refractivity contribution in [3.8, 4) is 0 Å². The van der Waals surface area contributed by atoms with Crippen molar-refractivity contribution in [1.29, 1.82) is 0 Å². The minimum Gasteiger partial charge on any atom is -0.340 e. The monoisotopic (exact) mass is 264 g/mol. The summed E-state index contributed by atoms with van der Waals surface area (Å²) in [5.74, 6) is 0.888. The van der Waals surface area contributed by atoms with Gasteiger partial charge < -0.3 is 10.2 Å². The Kier molecular flexibility index (Phi) is 3.06. The van der Waals surface area contributed by atoms with E-state index in [2.05, 4.69) is 5.32 Å². The van der Waals surface area contributed by atoms with E-state index >= 15 is 0 Å². The summed E-state index contributed by atoms with van der Waals surface area (Å²) in [4.78, 5) is 26.9. The molecule has 19 heavy (non-hydrogen) atoms. The Balaban J connectivity index is 1.80. The first-order valence-electron chi connectivity index (χ1n) is 7.63. The van der Waals surface area contributed by atoms with E-state index in [0.29, 0.717) is 11.8 Å². The molecule has 106 valence electrons. The molecule has 3 rings (SSSR count). The van der Waals surface area contributed by atoms with Crippen LogP contribution in [0.25, 0.3) is 0 Å². The summed E-state index contributed by atoms with van der Waals surface area (Å²) in [5.41, 5.74) is -0.642. The molecular weight excluding hydrogens is 240 g/mol. The molecule has 3 aliphatic rings. The van der Waals surface area contributed by atoms with Gasteiger partial charge in [0.2, 0.25) is 11.8 Å². The van der Waals surface area contributed by atoms with Crippen LogP contribution in [0.5, 0.6) is 0 Å². The zero-order valence-electron chi connectivity index (χ0n) is 11.9. The highest BCUT2D eigenvalue weighted by molar-refractivity contribution is 6.00. The van der Waals surface area contributed by atoms with E-state index in [9.17, 15) is 9.59 Å². The van der Waals surface area contributed by atoms with Gasteiger partial charge in [-0.05, 0) is 44.4 Å². The second-order valence-corrected chi connectivity index (χ2v) is 6.72. The van der Waals surface area contributed by atoms with Gasteiger partial charge in [-0.2, -0.15) is 0 Å². The number of hydrogen-bond donors (Lipinski definition) is 1. The average molecular weight is 264 g/mol. The lowest BCUT2D eigenvalue weighted by Gasteiger charge is -2.46. The van der Waals surface area contributed by atoms with Crippen LogP contribution in [0.1, 0.15) is 51.9 Å². The second-order valence-electron chi connectivity index (χ2n) is 6.72. The van der Waals surface area contributed by atoms with Crippen LogP contribution in [-0.2, 0) is 9.59 Å². The molecule has 1 N–H and O–H groups in total. The van der Waals surface area contributed by atoms with Crippen molar-refractivity contribution in [3.63, 3.8) is 0 Å². The maximum Gasteiger partial charge on any atom is 0.248 e. The predicted octanol–water partition coefficient (Wildman–Crippen LogP) is 1.69. The van der Waals surface area contributed by atoms with Crippen LogP contribution in [0.15, 0.2) is 0 Å². The minimum atomic E-state index is -0.642. The molecule has 2 saturated carbocycles. The first-order valence-corrected chi connectivity index (χ1v) is 7.63. The fourth-order valence-electron chi connectivity index (χ4n) is 3.97. The first kappa shape index (κ1) is 12.9. The molecular formula is C15H24N2O2. The lowest BCUT2D eigenvalue weighted by atomic mass is 9.79. The number of piperazine rings is 1. The number of nitrogens with one attached hydrogen (secondary N) is 1. The SMILES string of the molecule is CN1C(=O)C(C)(C2CC2)NC(=O)C1C1CCCCC1. The molecule has 0 aromatic heterocycles. The van der Waals surface area contributed by atoms with Gasteiger partial charge in [-0.1, -0.05) is 19.3 Å². The third-order valence-corrected chi connectivity index (χ3v) is 5.32. The Labute approximate surface area is 114 Å². The minimum absolute atomic E-state index is 0.0726. The summed E-state index contributed by atoms with van der Waals surface area (Å²) in [6, 6.07) is -0.236. The van der Waals surface area contributed by atoms with Crippen LogP contribution >= 0.6 is 0 Å². The normalized spacial score (nSPS) is 37.4. The Morgan fingerprint density at radius 3 is 2.32 bits per heavy atom. The zero-order valence-corrected chi connectivity index (χ0v) is 11.9. The molecule has 2 unspecified atom stereocenters. The van der Waals surface area contributed by atoms with Crippen LogP contribution in [0.3, 0.4) is 0 Å². The van der Waals surface area contributed by atoms with E-state index < -0.39 is 5.54 Å². The summed E-state index contributed by atoms with van der Waals surface area (Å²) in [6.07, 6.45) is 7.93. The van der Waals surface area contributed by atoms with E-state index in [-0.39, 0.29) is 17.9 Å². The van der Waals surface area contributed by atoms with Gasteiger partial charge in [0, 0.05) is 7.05 Å². The lowest BCUT2D eigenvalue weighted by Crippen LogP contribution is -2.70. The molecule has 3 fully saturated rings. The number of carbonyl (C=O) groups excluding carboxylic acids is 2. The van der Waals surface area contributed by atoms with Gasteiger partial charge >= 0.3 is 0 Å². The molecule has 0 spiro atoms. The summed E-state index contributed by atoms with van der Waals surface area (Å²) in [5, 5.41) is 3.05. The standard InChI is InChI=1S/C15H24N2O2/c1-15(11-8-9-11)14(19)17(2)12(13(18)16-15)10-6-4-3-5-7-10/h10-12H,3-9H2,1-2H3,(H,16,18). The highest BCUT2D eigenvalue weighted by Crippen LogP contribution is 2.43. The van der Waals surface area contributed by atoms with Crippen LogP contribution in [0, 0.1) is 11.8 Å². The van der Waals surface area contributed by atoms with E-state index in [1.807, 2.05) is 14.0 Å². The molecule has 1 heterocycles. The summed E-state index contributed by atoms with van der Waals surface area (Å²) < 4.78 is 0. The van der Waals surface area contributed by atoms with Gasteiger partial charge in [0.15, 0.2) is 0 Å². The average Bonchev–Trinajstić information content (AvgIpc) is 3.22. The maximum atomic E-state index is 12.6. The van der Waals surface area contributed by atoms with Crippen LogP contribution in [0.2, 0.25) is 0 Å². The van der Waals surface area contributed by atoms with Crippen molar-refractivity contribution in [2.24, 2.45) is 11.8 Å². The fourth-order valence-corrected chi connectivity index (χ4v) is 3.97. The molecule has 1 aliphatic heterocycles. The van der Waals surface area contributed by atoms with Gasteiger partial charge in [-0.25, -0.2) is 0 Å². The molecule has 4 heteroatoms. The van der Waals surface area contributed by atoms with E-state index in [1.165, 1.54) is 19.3 Å². The molecule has 2 atom stereocenters. The van der Waals surface area contributed by atoms with Crippen molar-refractivity contribution in [2.45, 2.75) is 63.5 Å². The molecule has 4 nitrogen and oxygen atoms in total. The molecule has 0 radical (unpaired) electrons. The van der Waals surface area contributed by atoms with Gasteiger partial charge in [-0.15, -0.1) is 0 Å². The molecule has 0 aromatic rings. The van der Waals surface area contributed by atoms with Crippen molar-refractivity contribution in [3.05, 3.63) is 0 Å². The van der Waals surface area contributed by atoms with Crippen molar-refractivity contribution >= 4 is 11.8 Å². The lowest BCUT2D eigenvalue weighted by molar-refractivity contribution is -0.156. The number of carbonyl (C=O) groups is 2. The summed E-state index contributed by atoms with van der Waals surface area (Å²) in [6.45, 7) is 1.90. The predicted molar refractivity (Wildman–Crippen MR) is 72.4 cm³/mol. The quantitative estimate of drug-likeness (QED) is 0.825. The highest BCUT2D eigenvalue weighted by Gasteiger charge is 2.55. The molecule has 0 aromatic carbocycles. The Bertz CT molecular complexity index is 399. The summed E-state index contributed by atoms with van der Waals surface area (Å²) >= 11 is 0. The number of hydrogen-bond acceptors (Lipinski definition) is 2. The zero-order chi connectivity index (χ0) is 13.6. The Morgan fingerprint density at radius 1 is 1.11 bits per heavy atom. The third kappa shape index (κ3) is 2.05. The summed E-state index contributed by atoms with van der Waals surface area (Å²) in [7, 11) is 1.82. The largest absolute Gasteiger partial charge is 0.340 e. The molecule has 2 aliphatic carbocycles. The maximum absolute atomic E-state index is 12.6. The smallest absolute Gasteiger partial charge is 0.248 e. The number of likely N-dealkylation sites (N-methyl/N-ethyl adjacent to an activating group) is 1. The third-order valence-electron chi connectivity index (χ3n) is 5.32. The van der Waals surface area contributed by atoms with Crippen molar-refractivity contribution < 1.29 is 9.59 Å². The van der Waals surface area contributed by atoms with Crippen LogP contribution in [0.4, 0.5) is 0 Å². The topological polar surface area (TPSA) is 49.4 Å². The number of amides is 2. The first-order chi connectivity index (χ1) is 9.04. The van der Waals surface area contributed by atoms with E-state index in [0.717, 1.165) is 25.7 Å². The number of nitrogens with zero attached hydrogens (tertiary/aromatic N) is 1. The van der Waals surface area contributed by atoms with Gasteiger partial charge in [-0.3, -0.25) is 9.59 Å². The van der Waals surface area contributed by atoms with Crippen molar-refractivity contribution in [2.75, 3.05) is 7.05 Å². The van der Waals surface area contributed by atoms with E-state index in [1.54, 1.807) is 4.90 Å². The van der Waals surface area contributed by atoms with E-state index in [4.69, 9.17) is 0 Å². The van der Waals surface area contributed by atoms with Crippen molar-refractivity contribution in [1.82, 2.24) is 10.2 Å². The van der Waals surface area contributed by atoms with Crippen LogP contribution < -0.4 is 5.32 Å². The Morgan fingerprint density at radius 2 is 1.74 bits per heavy atom. The number of rotatable bonds is 2. The molecule has 0 bridgehead atoms. The van der Waals surface area contributed by atoms with Crippen LogP contribution in [-0.4, -0.2) is 35.3 Å². The Hall–Kier alpha value is -1.06. The van der Waals surface area contributed by atoms with Gasteiger partial charge in [0.05, 0.1) is 0 Å². The fraction of sp³-hybridized carbons (Fsp3) is 0.867. The second kappa shape index (κ2) is 4.50. The molecule has 2 amide bonds.